The average molecular weight is 366 g/mol. The minimum atomic E-state index is 0.902. The summed E-state index contributed by atoms with van der Waals surface area (Å²) in [7, 11) is 0. The summed E-state index contributed by atoms with van der Waals surface area (Å²) in [5, 5.41) is 0. The van der Waals surface area contributed by atoms with Crippen LogP contribution in [0.15, 0.2) is 0 Å². The van der Waals surface area contributed by atoms with Gasteiger partial charge < -0.3 is 0 Å². The first-order valence-corrected chi connectivity index (χ1v) is 12.6. The molecule has 0 rings (SSSR count). The van der Waals surface area contributed by atoms with Gasteiger partial charge in [0.15, 0.2) is 0 Å². The number of hydrogen-bond donors (Lipinski definition) is 0. The van der Waals surface area contributed by atoms with Crippen LogP contribution in [0.2, 0.25) is 0 Å². The normalized spacial score (nSPS) is 13.8. The Morgan fingerprint density at radius 1 is 0.385 bits per heavy atom. The molecule has 0 aromatic carbocycles. The zero-order valence-electron chi connectivity index (χ0n) is 19.2. The Labute approximate surface area is 168 Å². The molecule has 0 bridgehead atoms. The third-order valence-electron chi connectivity index (χ3n) is 6.01. The molecule has 157 valence electrons. The lowest BCUT2D eigenvalue weighted by Gasteiger charge is -2.24. The molecule has 0 aromatic rings. The van der Waals surface area contributed by atoms with Crippen molar-refractivity contribution in [1.29, 1.82) is 0 Å². The van der Waals surface area contributed by atoms with Crippen LogP contribution in [0.4, 0.5) is 0 Å². The minimum Gasteiger partial charge on any atom is -0.0654 e. The van der Waals surface area contributed by atoms with Crippen LogP contribution in [-0.2, 0) is 0 Å². The highest BCUT2D eigenvalue weighted by atomic mass is 14.2. The van der Waals surface area contributed by atoms with Crippen LogP contribution in [0.3, 0.4) is 0 Å². The van der Waals surface area contributed by atoms with Crippen LogP contribution < -0.4 is 0 Å². The first kappa shape index (κ1) is 26.0. The molecular formula is C26H53. The standard InChI is InChI=1S/C26H53/c1-5-9-13-16-19-23-26(22-18-15-11-7-3)24-25(20-12-8-4)21-17-14-10-6-2/h24-26H,5-23H2,1-4H3. The number of unbranched alkanes of at least 4 members (excludes halogenated alkanes) is 11. The number of hydrogen-bond acceptors (Lipinski definition) is 0. The summed E-state index contributed by atoms with van der Waals surface area (Å²) in [4.78, 5) is 0. The van der Waals surface area contributed by atoms with Crippen molar-refractivity contribution in [1.82, 2.24) is 0 Å². The third-order valence-corrected chi connectivity index (χ3v) is 6.01. The molecule has 1 radical (unpaired) electrons. The maximum absolute atomic E-state index is 2.84. The fourth-order valence-electron chi connectivity index (χ4n) is 4.20. The van der Waals surface area contributed by atoms with E-state index in [-0.39, 0.29) is 0 Å². The second-order valence-electron chi connectivity index (χ2n) is 8.76. The molecule has 0 nitrogen and oxygen atoms in total. The molecule has 0 aliphatic heterocycles. The summed E-state index contributed by atoms with van der Waals surface area (Å²) in [6.07, 6.45) is 30.0. The van der Waals surface area contributed by atoms with Gasteiger partial charge in [0, 0.05) is 0 Å². The van der Waals surface area contributed by atoms with Crippen molar-refractivity contribution < 1.29 is 0 Å². The predicted octanol–water partition coefficient (Wildman–Crippen LogP) is 9.91. The van der Waals surface area contributed by atoms with Gasteiger partial charge in [-0.1, -0.05) is 150 Å². The summed E-state index contributed by atoms with van der Waals surface area (Å²) in [5.41, 5.74) is 0. The lowest BCUT2D eigenvalue weighted by atomic mass is 9.82. The Morgan fingerprint density at radius 2 is 0.692 bits per heavy atom. The highest BCUT2D eigenvalue weighted by molar-refractivity contribution is 4.84. The molecule has 2 atom stereocenters. The van der Waals surface area contributed by atoms with E-state index in [0.717, 1.165) is 11.8 Å². The van der Waals surface area contributed by atoms with Gasteiger partial charge in [0.2, 0.25) is 0 Å². The SMILES string of the molecule is CCCCCCCC([CH]C(CCCC)CCCCCC)CCCCCC. The van der Waals surface area contributed by atoms with E-state index in [0.29, 0.717) is 0 Å². The quantitative estimate of drug-likeness (QED) is 0.177. The lowest BCUT2D eigenvalue weighted by Crippen LogP contribution is -2.11. The molecule has 26 heavy (non-hydrogen) atoms. The van der Waals surface area contributed by atoms with Gasteiger partial charge in [-0.2, -0.15) is 0 Å². The summed E-state index contributed by atoms with van der Waals surface area (Å²) < 4.78 is 0. The molecule has 0 spiro atoms. The van der Waals surface area contributed by atoms with Gasteiger partial charge in [-0.15, -0.1) is 0 Å². The van der Waals surface area contributed by atoms with Gasteiger partial charge >= 0.3 is 0 Å². The van der Waals surface area contributed by atoms with Crippen LogP contribution in [-0.4, -0.2) is 0 Å². The Kier molecular flexibility index (Phi) is 21.3. The Morgan fingerprint density at radius 3 is 1.08 bits per heavy atom. The molecule has 0 N–H and O–H groups in total. The maximum atomic E-state index is 2.84. The largest absolute Gasteiger partial charge is 0.0654 e. The van der Waals surface area contributed by atoms with E-state index >= 15 is 0 Å². The second-order valence-corrected chi connectivity index (χ2v) is 8.76. The monoisotopic (exact) mass is 365 g/mol. The van der Waals surface area contributed by atoms with Crippen LogP contribution in [0, 0.1) is 18.3 Å². The van der Waals surface area contributed by atoms with Crippen LogP contribution in [0.25, 0.3) is 0 Å². The summed E-state index contributed by atoms with van der Waals surface area (Å²) in [6.45, 7) is 9.32. The van der Waals surface area contributed by atoms with E-state index in [2.05, 4.69) is 34.1 Å². The Bertz CT molecular complexity index is 244. The fraction of sp³-hybridized carbons (Fsp3) is 0.962. The van der Waals surface area contributed by atoms with Crippen molar-refractivity contribution >= 4 is 0 Å². The van der Waals surface area contributed by atoms with Crippen molar-refractivity contribution in [3.05, 3.63) is 6.42 Å². The first-order chi connectivity index (χ1) is 12.8. The van der Waals surface area contributed by atoms with Crippen molar-refractivity contribution in [2.75, 3.05) is 0 Å². The van der Waals surface area contributed by atoms with Crippen LogP contribution >= 0.6 is 0 Å². The van der Waals surface area contributed by atoms with Gasteiger partial charge in [0.1, 0.15) is 0 Å². The summed E-state index contributed by atoms with van der Waals surface area (Å²) >= 11 is 0. The van der Waals surface area contributed by atoms with Crippen LogP contribution in [0.1, 0.15) is 150 Å². The smallest absolute Gasteiger partial charge is 0.0324 e. The summed E-state index contributed by atoms with van der Waals surface area (Å²) in [6, 6.07) is 0. The zero-order chi connectivity index (χ0) is 19.3. The van der Waals surface area contributed by atoms with Gasteiger partial charge in [-0.3, -0.25) is 0 Å². The molecule has 0 fully saturated rings. The number of rotatable bonds is 21. The zero-order valence-corrected chi connectivity index (χ0v) is 19.2. The van der Waals surface area contributed by atoms with E-state index in [9.17, 15) is 0 Å². The van der Waals surface area contributed by atoms with Gasteiger partial charge in [-0.25, -0.2) is 0 Å². The summed E-state index contributed by atoms with van der Waals surface area (Å²) in [5.74, 6) is 1.81. The molecule has 0 aliphatic carbocycles. The third kappa shape index (κ3) is 17.4. The fourth-order valence-corrected chi connectivity index (χ4v) is 4.20. The molecule has 0 saturated carbocycles. The molecule has 0 aliphatic rings. The van der Waals surface area contributed by atoms with Crippen molar-refractivity contribution in [2.24, 2.45) is 11.8 Å². The molecule has 0 saturated heterocycles. The van der Waals surface area contributed by atoms with E-state index in [4.69, 9.17) is 0 Å². The molecule has 0 amide bonds. The second kappa shape index (κ2) is 21.3. The van der Waals surface area contributed by atoms with Crippen molar-refractivity contribution in [3.63, 3.8) is 0 Å². The molecule has 0 heteroatoms. The van der Waals surface area contributed by atoms with E-state index < -0.39 is 0 Å². The Hall–Kier alpha value is 0. The van der Waals surface area contributed by atoms with Crippen LogP contribution in [0.5, 0.6) is 0 Å². The highest BCUT2D eigenvalue weighted by Crippen LogP contribution is 2.29. The predicted molar refractivity (Wildman–Crippen MR) is 122 cm³/mol. The van der Waals surface area contributed by atoms with Gasteiger partial charge in [0.05, 0.1) is 0 Å². The van der Waals surface area contributed by atoms with E-state index in [1.54, 1.807) is 0 Å². The molecular weight excluding hydrogens is 312 g/mol. The first-order valence-electron chi connectivity index (χ1n) is 12.6. The average Bonchev–Trinajstić information content (AvgIpc) is 2.65. The molecule has 0 heterocycles. The maximum Gasteiger partial charge on any atom is -0.0324 e. The van der Waals surface area contributed by atoms with E-state index in [1.165, 1.54) is 122 Å². The van der Waals surface area contributed by atoms with E-state index in [1.807, 2.05) is 0 Å². The molecule has 2 unspecified atom stereocenters. The lowest BCUT2D eigenvalue weighted by molar-refractivity contribution is 0.368. The van der Waals surface area contributed by atoms with Gasteiger partial charge in [-0.05, 0) is 18.3 Å². The minimum absolute atomic E-state index is 0.902. The van der Waals surface area contributed by atoms with Gasteiger partial charge in [0.25, 0.3) is 0 Å². The highest BCUT2D eigenvalue weighted by Gasteiger charge is 2.16. The topological polar surface area (TPSA) is 0 Å². The van der Waals surface area contributed by atoms with Crippen molar-refractivity contribution in [3.8, 4) is 0 Å². The Balaban J connectivity index is 4.33. The molecule has 0 aromatic heterocycles. The van der Waals surface area contributed by atoms with Crippen molar-refractivity contribution in [2.45, 2.75) is 150 Å².